The standard InChI is InChI=1S/C24H26FN5OS/c1-24(2,12-6-5-11-21-28-17-9-3-4-10-18(17)29-21)23-30-20(15-32-23)22(31)27-14-19-16(25)8-7-13-26-19/h3-4,7-10,13,15H,5-6,11-12,14H2,1-2H3,(H,27,31)(H,28,29). The Labute approximate surface area is 190 Å². The van der Waals surface area contributed by atoms with E-state index in [4.69, 9.17) is 0 Å². The van der Waals surface area contributed by atoms with E-state index in [2.05, 4.69) is 39.1 Å². The zero-order chi connectivity index (χ0) is 22.6. The number of fused-ring (bicyclic) bond motifs is 1. The molecule has 0 radical (unpaired) electrons. The molecule has 4 rings (SSSR count). The first-order valence-corrected chi connectivity index (χ1v) is 11.6. The summed E-state index contributed by atoms with van der Waals surface area (Å²) in [4.78, 5) is 28.9. The van der Waals surface area contributed by atoms with Crippen LogP contribution < -0.4 is 5.32 Å². The molecular formula is C24H26FN5OS. The first-order valence-electron chi connectivity index (χ1n) is 10.7. The first kappa shape index (κ1) is 22.1. The maximum atomic E-state index is 13.7. The topological polar surface area (TPSA) is 83.6 Å². The Morgan fingerprint density at radius 1 is 1.16 bits per heavy atom. The van der Waals surface area contributed by atoms with Crippen LogP contribution in [0, 0.1) is 5.82 Å². The van der Waals surface area contributed by atoms with Crippen molar-refractivity contribution < 1.29 is 9.18 Å². The normalized spacial score (nSPS) is 11.7. The van der Waals surface area contributed by atoms with E-state index < -0.39 is 5.82 Å². The number of nitrogens with zero attached hydrogens (tertiary/aromatic N) is 3. The summed E-state index contributed by atoms with van der Waals surface area (Å²) < 4.78 is 13.7. The Morgan fingerprint density at radius 3 is 2.81 bits per heavy atom. The van der Waals surface area contributed by atoms with E-state index in [9.17, 15) is 9.18 Å². The van der Waals surface area contributed by atoms with Gasteiger partial charge in [0.15, 0.2) is 0 Å². The van der Waals surface area contributed by atoms with Gasteiger partial charge < -0.3 is 10.3 Å². The minimum Gasteiger partial charge on any atom is -0.345 e. The van der Waals surface area contributed by atoms with Gasteiger partial charge in [0, 0.05) is 23.4 Å². The van der Waals surface area contributed by atoms with Gasteiger partial charge in [-0.3, -0.25) is 9.78 Å². The summed E-state index contributed by atoms with van der Waals surface area (Å²) >= 11 is 1.49. The quantitative estimate of drug-likeness (QED) is 0.344. The number of benzene rings is 1. The number of carbonyl (C=O) groups is 1. The molecular weight excluding hydrogens is 425 g/mol. The van der Waals surface area contributed by atoms with Crippen molar-refractivity contribution in [2.24, 2.45) is 0 Å². The summed E-state index contributed by atoms with van der Waals surface area (Å²) in [5.74, 6) is 0.260. The molecule has 1 amide bonds. The molecule has 0 unspecified atom stereocenters. The highest BCUT2D eigenvalue weighted by atomic mass is 32.1. The number of pyridine rings is 1. The average molecular weight is 452 g/mol. The second-order valence-electron chi connectivity index (χ2n) is 8.44. The molecule has 0 aliphatic rings. The number of nitrogens with one attached hydrogen (secondary N) is 2. The number of H-pyrrole nitrogens is 1. The highest BCUT2D eigenvalue weighted by Crippen LogP contribution is 2.31. The number of amides is 1. The lowest BCUT2D eigenvalue weighted by Gasteiger charge is -2.21. The van der Waals surface area contributed by atoms with Crippen LogP contribution in [0.4, 0.5) is 4.39 Å². The molecule has 6 nitrogen and oxygen atoms in total. The third kappa shape index (κ3) is 5.19. The average Bonchev–Trinajstić information content (AvgIpc) is 3.43. The molecule has 166 valence electrons. The highest BCUT2D eigenvalue weighted by Gasteiger charge is 2.25. The zero-order valence-electron chi connectivity index (χ0n) is 18.2. The number of rotatable bonds is 9. The Hall–Kier alpha value is -3.13. The molecule has 1 aromatic carbocycles. The van der Waals surface area contributed by atoms with E-state index in [1.54, 1.807) is 5.38 Å². The molecule has 2 N–H and O–H groups in total. The SMILES string of the molecule is CC(C)(CCCCc1nc2ccccc2[nH]1)c1nc(C(=O)NCc2ncccc2F)cs1. The summed E-state index contributed by atoms with van der Waals surface area (Å²) in [6, 6.07) is 10.9. The van der Waals surface area contributed by atoms with Gasteiger partial charge in [0.25, 0.3) is 5.91 Å². The van der Waals surface area contributed by atoms with Crippen molar-refractivity contribution in [1.29, 1.82) is 0 Å². The number of hydrogen-bond acceptors (Lipinski definition) is 5. The van der Waals surface area contributed by atoms with E-state index in [0.717, 1.165) is 47.5 Å². The van der Waals surface area contributed by atoms with Crippen LogP contribution in [0.5, 0.6) is 0 Å². The minimum atomic E-state index is -0.435. The van der Waals surface area contributed by atoms with E-state index in [1.165, 1.54) is 29.7 Å². The van der Waals surface area contributed by atoms with Crippen molar-refractivity contribution >= 4 is 28.3 Å². The number of thiazole rings is 1. The third-order valence-corrected chi connectivity index (χ3v) is 6.68. The molecule has 32 heavy (non-hydrogen) atoms. The number of hydrogen-bond donors (Lipinski definition) is 2. The van der Waals surface area contributed by atoms with Crippen LogP contribution in [0.3, 0.4) is 0 Å². The predicted molar refractivity (Wildman–Crippen MR) is 124 cm³/mol. The van der Waals surface area contributed by atoms with Crippen LogP contribution in [-0.4, -0.2) is 25.8 Å². The largest absolute Gasteiger partial charge is 0.345 e. The molecule has 0 spiro atoms. The van der Waals surface area contributed by atoms with Crippen molar-refractivity contribution in [3.8, 4) is 0 Å². The number of carbonyl (C=O) groups excluding carboxylic acids is 1. The third-order valence-electron chi connectivity index (χ3n) is 5.47. The van der Waals surface area contributed by atoms with Gasteiger partial charge in [-0.15, -0.1) is 11.3 Å². The number of imidazole rings is 1. The minimum absolute atomic E-state index is 0.0313. The highest BCUT2D eigenvalue weighted by molar-refractivity contribution is 7.10. The molecule has 0 saturated heterocycles. The Balaban J connectivity index is 1.28. The molecule has 3 heterocycles. The summed E-state index contributed by atoms with van der Waals surface area (Å²) in [6.07, 6.45) is 5.42. The van der Waals surface area contributed by atoms with E-state index in [1.807, 2.05) is 24.3 Å². The fraction of sp³-hybridized carbons (Fsp3) is 0.333. The number of halogens is 1. The van der Waals surface area contributed by atoms with Gasteiger partial charge in [-0.1, -0.05) is 32.4 Å². The van der Waals surface area contributed by atoms with E-state index >= 15 is 0 Å². The van der Waals surface area contributed by atoms with E-state index in [-0.39, 0.29) is 23.6 Å². The van der Waals surface area contributed by atoms with Gasteiger partial charge in [-0.25, -0.2) is 14.4 Å². The maximum Gasteiger partial charge on any atom is 0.271 e. The van der Waals surface area contributed by atoms with Gasteiger partial charge in [0.1, 0.15) is 17.3 Å². The number of unbranched alkanes of at least 4 members (excludes halogenated alkanes) is 1. The van der Waals surface area contributed by atoms with Crippen molar-refractivity contribution in [1.82, 2.24) is 25.3 Å². The van der Waals surface area contributed by atoms with Crippen molar-refractivity contribution in [2.75, 3.05) is 0 Å². The van der Waals surface area contributed by atoms with E-state index in [0.29, 0.717) is 5.69 Å². The number of aromatic amines is 1. The van der Waals surface area contributed by atoms with Gasteiger partial charge >= 0.3 is 0 Å². The molecule has 4 aromatic rings. The van der Waals surface area contributed by atoms with Crippen LogP contribution in [0.25, 0.3) is 11.0 Å². The fourth-order valence-corrected chi connectivity index (χ4v) is 4.54. The van der Waals surface area contributed by atoms with Crippen LogP contribution in [0.1, 0.15) is 60.1 Å². The molecule has 8 heteroatoms. The second-order valence-corrected chi connectivity index (χ2v) is 9.30. The summed E-state index contributed by atoms with van der Waals surface area (Å²) in [7, 11) is 0. The van der Waals surface area contributed by atoms with Gasteiger partial charge in [0.05, 0.1) is 28.3 Å². The second kappa shape index (κ2) is 9.56. The number of para-hydroxylation sites is 2. The number of aromatic nitrogens is 4. The predicted octanol–water partition coefficient (Wildman–Crippen LogP) is 5.17. The Bertz CT molecular complexity index is 1180. The lowest BCUT2D eigenvalue weighted by molar-refractivity contribution is 0.0945. The maximum absolute atomic E-state index is 13.7. The fourth-order valence-electron chi connectivity index (χ4n) is 3.58. The number of aryl methyl sites for hydroxylation is 1. The zero-order valence-corrected chi connectivity index (χ0v) is 19.0. The van der Waals surface area contributed by atoms with Crippen LogP contribution in [0.2, 0.25) is 0 Å². The lowest BCUT2D eigenvalue weighted by atomic mass is 9.87. The summed E-state index contributed by atoms with van der Waals surface area (Å²) in [5, 5.41) is 5.38. The van der Waals surface area contributed by atoms with Crippen LogP contribution in [0.15, 0.2) is 48.0 Å². The van der Waals surface area contributed by atoms with Crippen molar-refractivity contribution in [3.63, 3.8) is 0 Å². The summed E-state index contributed by atoms with van der Waals surface area (Å²) in [6.45, 7) is 4.33. The van der Waals surface area contributed by atoms with Crippen LogP contribution in [-0.2, 0) is 18.4 Å². The molecule has 0 bridgehead atoms. The molecule has 3 aromatic heterocycles. The molecule has 0 aliphatic carbocycles. The van der Waals surface area contributed by atoms with Gasteiger partial charge in [0.2, 0.25) is 0 Å². The Morgan fingerprint density at radius 2 is 2.00 bits per heavy atom. The van der Waals surface area contributed by atoms with Crippen molar-refractivity contribution in [3.05, 3.63) is 76.0 Å². The first-order chi connectivity index (χ1) is 15.4. The molecule has 0 fully saturated rings. The van der Waals surface area contributed by atoms with Crippen molar-refractivity contribution in [2.45, 2.75) is 51.5 Å². The monoisotopic (exact) mass is 451 g/mol. The van der Waals surface area contributed by atoms with Gasteiger partial charge in [-0.05, 0) is 37.1 Å². The Kier molecular flexibility index (Phi) is 6.60. The van der Waals surface area contributed by atoms with Gasteiger partial charge in [-0.2, -0.15) is 0 Å². The summed E-state index contributed by atoms with van der Waals surface area (Å²) in [5.41, 5.74) is 2.51. The molecule has 0 aliphatic heterocycles. The van der Waals surface area contributed by atoms with Crippen LogP contribution >= 0.6 is 11.3 Å². The molecule has 0 saturated carbocycles. The lowest BCUT2D eigenvalue weighted by Crippen LogP contribution is -2.25. The molecule has 0 atom stereocenters. The smallest absolute Gasteiger partial charge is 0.271 e.